The van der Waals surface area contributed by atoms with Crippen molar-refractivity contribution in [3.8, 4) is 0 Å². The van der Waals surface area contributed by atoms with E-state index < -0.39 is 0 Å². The van der Waals surface area contributed by atoms with Gasteiger partial charge >= 0.3 is 0 Å². The summed E-state index contributed by atoms with van der Waals surface area (Å²) in [5, 5.41) is 0. The van der Waals surface area contributed by atoms with E-state index in [4.69, 9.17) is 0 Å². The van der Waals surface area contributed by atoms with Crippen LogP contribution in [0.3, 0.4) is 0 Å². The van der Waals surface area contributed by atoms with Gasteiger partial charge in [0.05, 0.1) is 0 Å². The Labute approximate surface area is 94.7 Å². The van der Waals surface area contributed by atoms with Crippen LogP contribution < -0.4 is 0 Å². The van der Waals surface area contributed by atoms with Crippen LogP contribution in [-0.4, -0.2) is 6.26 Å². The van der Waals surface area contributed by atoms with Gasteiger partial charge in [0.1, 0.15) is 0 Å². The molecule has 72 valence electrons. The number of unbranched alkanes of at least 4 members (excludes halogenated alkanes) is 5. The predicted molar refractivity (Wildman–Crippen MR) is 69.0 cm³/mol. The first-order valence-electron chi connectivity index (χ1n) is 4.71. The van der Waals surface area contributed by atoms with Gasteiger partial charge < -0.3 is 0 Å². The van der Waals surface area contributed by atoms with E-state index in [9.17, 15) is 0 Å². The van der Waals surface area contributed by atoms with Gasteiger partial charge in [-0.15, -0.1) is 11.8 Å². The standard InChI is InChI=1S/C10H19IS/c1-3-4-5-6-7-8-9-10(11)12-2/h9H,3-8H2,1-2H3/b10-9-. The summed E-state index contributed by atoms with van der Waals surface area (Å²) in [6, 6.07) is 0. The lowest BCUT2D eigenvalue weighted by Gasteiger charge is -1.97. The zero-order chi connectivity index (χ0) is 9.23. The van der Waals surface area contributed by atoms with E-state index >= 15 is 0 Å². The summed E-state index contributed by atoms with van der Waals surface area (Å²) in [5.74, 6) is 0. The summed E-state index contributed by atoms with van der Waals surface area (Å²) >= 11 is 4.24. The van der Waals surface area contributed by atoms with Gasteiger partial charge in [-0.3, -0.25) is 0 Å². The van der Waals surface area contributed by atoms with Crippen molar-refractivity contribution in [1.29, 1.82) is 0 Å². The lowest BCUT2D eigenvalue weighted by Crippen LogP contribution is -1.76. The number of hydrogen-bond acceptors (Lipinski definition) is 1. The van der Waals surface area contributed by atoms with Crippen LogP contribution in [0.2, 0.25) is 0 Å². The van der Waals surface area contributed by atoms with E-state index in [0.29, 0.717) is 0 Å². The molecule has 0 aromatic rings. The molecule has 0 unspecified atom stereocenters. The maximum absolute atomic E-state index is 2.40. The number of allylic oxidation sites excluding steroid dienone is 1. The van der Waals surface area contributed by atoms with Gasteiger partial charge in [0.15, 0.2) is 0 Å². The van der Waals surface area contributed by atoms with Crippen molar-refractivity contribution in [2.24, 2.45) is 0 Å². The van der Waals surface area contributed by atoms with Crippen LogP contribution >= 0.6 is 34.4 Å². The van der Waals surface area contributed by atoms with E-state index in [1.807, 2.05) is 11.8 Å². The molecule has 0 aliphatic carbocycles. The molecule has 0 spiro atoms. The molecule has 0 bridgehead atoms. The maximum Gasteiger partial charge on any atom is 0.0414 e. The number of halogens is 1. The molecule has 0 fully saturated rings. The third-order valence-corrected chi connectivity index (χ3v) is 4.13. The van der Waals surface area contributed by atoms with Crippen molar-refractivity contribution < 1.29 is 0 Å². The highest BCUT2D eigenvalue weighted by atomic mass is 127. The lowest BCUT2D eigenvalue weighted by atomic mass is 10.1. The minimum atomic E-state index is 1.27. The van der Waals surface area contributed by atoms with Crippen molar-refractivity contribution in [2.75, 3.05) is 6.26 Å². The third-order valence-electron chi connectivity index (χ3n) is 1.81. The van der Waals surface area contributed by atoms with Crippen LogP contribution in [0.1, 0.15) is 45.4 Å². The SMILES string of the molecule is CCCCCCC/C=C(/I)SC. The first kappa shape index (κ1) is 12.8. The van der Waals surface area contributed by atoms with Gasteiger partial charge in [-0.25, -0.2) is 0 Å². The molecule has 2 heteroatoms. The van der Waals surface area contributed by atoms with E-state index in [2.05, 4.69) is 41.8 Å². The minimum absolute atomic E-state index is 1.27. The Balaban J connectivity index is 3.10. The molecule has 0 N–H and O–H groups in total. The zero-order valence-corrected chi connectivity index (χ0v) is 11.1. The molecule has 0 rings (SSSR count). The second-order valence-corrected chi connectivity index (χ2v) is 5.66. The van der Waals surface area contributed by atoms with Crippen molar-refractivity contribution in [1.82, 2.24) is 0 Å². The van der Waals surface area contributed by atoms with E-state index in [1.165, 1.54) is 41.4 Å². The molecule has 0 aliphatic heterocycles. The first-order chi connectivity index (χ1) is 5.81. The Morgan fingerprint density at radius 2 is 1.92 bits per heavy atom. The summed E-state index contributed by atoms with van der Waals surface area (Å²) in [5.41, 5.74) is 0. The Morgan fingerprint density at radius 1 is 1.25 bits per heavy atom. The number of hydrogen-bond donors (Lipinski definition) is 0. The normalized spacial score (nSPS) is 12.1. The molecule has 0 radical (unpaired) electrons. The van der Waals surface area contributed by atoms with Crippen molar-refractivity contribution in [2.45, 2.75) is 45.4 Å². The molecule has 0 aromatic heterocycles. The summed E-state index contributed by atoms with van der Waals surface area (Å²) in [4.78, 5) is 0. The molecular weight excluding hydrogens is 279 g/mol. The van der Waals surface area contributed by atoms with E-state index in [1.54, 1.807) is 0 Å². The molecule has 0 heterocycles. The van der Waals surface area contributed by atoms with E-state index in [0.717, 1.165) is 0 Å². The van der Waals surface area contributed by atoms with Gasteiger partial charge in [0.2, 0.25) is 0 Å². The highest BCUT2D eigenvalue weighted by Crippen LogP contribution is 2.20. The minimum Gasteiger partial charge on any atom is -0.123 e. The van der Waals surface area contributed by atoms with Crippen molar-refractivity contribution in [3.05, 3.63) is 8.99 Å². The van der Waals surface area contributed by atoms with Crippen LogP contribution in [0.5, 0.6) is 0 Å². The third kappa shape index (κ3) is 8.91. The molecule has 12 heavy (non-hydrogen) atoms. The van der Waals surface area contributed by atoms with Crippen LogP contribution in [-0.2, 0) is 0 Å². The molecule has 0 aromatic carbocycles. The second-order valence-electron chi connectivity index (χ2n) is 2.92. The molecule has 0 saturated carbocycles. The topological polar surface area (TPSA) is 0 Å². The molecule has 0 atom stereocenters. The molecule has 0 saturated heterocycles. The van der Waals surface area contributed by atoms with Gasteiger partial charge in [0.25, 0.3) is 0 Å². The zero-order valence-electron chi connectivity index (χ0n) is 8.11. The second kappa shape index (κ2) is 9.90. The predicted octanol–water partition coefficient (Wildman–Crippen LogP) is 4.99. The van der Waals surface area contributed by atoms with Gasteiger partial charge in [0, 0.05) is 2.91 Å². The smallest absolute Gasteiger partial charge is 0.0414 e. The molecule has 0 aliphatic rings. The first-order valence-corrected chi connectivity index (χ1v) is 7.01. The van der Waals surface area contributed by atoms with Crippen LogP contribution in [0.4, 0.5) is 0 Å². The summed E-state index contributed by atoms with van der Waals surface area (Å²) in [7, 11) is 0. The van der Waals surface area contributed by atoms with E-state index in [-0.39, 0.29) is 0 Å². The number of rotatable bonds is 7. The van der Waals surface area contributed by atoms with Gasteiger partial charge in [-0.1, -0.05) is 38.7 Å². The van der Waals surface area contributed by atoms with Gasteiger partial charge in [-0.2, -0.15) is 0 Å². The Bertz CT molecular complexity index is 121. The quantitative estimate of drug-likeness (QED) is 0.471. The monoisotopic (exact) mass is 298 g/mol. The molecule has 0 amide bonds. The summed E-state index contributed by atoms with van der Waals surface area (Å²) < 4.78 is 1.43. The maximum atomic E-state index is 2.40. The fraction of sp³-hybridized carbons (Fsp3) is 0.800. The largest absolute Gasteiger partial charge is 0.123 e. The Hall–Kier alpha value is 0.820. The van der Waals surface area contributed by atoms with Crippen LogP contribution in [0, 0.1) is 0 Å². The average molecular weight is 298 g/mol. The fourth-order valence-electron chi connectivity index (χ4n) is 1.05. The highest BCUT2D eigenvalue weighted by Gasteiger charge is 1.88. The average Bonchev–Trinajstić information content (AvgIpc) is 2.10. The van der Waals surface area contributed by atoms with Crippen LogP contribution in [0.15, 0.2) is 8.99 Å². The fourth-order valence-corrected chi connectivity index (χ4v) is 1.64. The molecule has 0 nitrogen and oxygen atoms in total. The van der Waals surface area contributed by atoms with Crippen molar-refractivity contribution >= 4 is 34.4 Å². The van der Waals surface area contributed by atoms with Gasteiger partial charge in [-0.05, 0) is 41.7 Å². The number of thioether (sulfide) groups is 1. The highest BCUT2D eigenvalue weighted by molar-refractivity contribution is 14.1. The van der Waals surface area contributed by atoms with Crippen molar-refractivity contribution in [3.63, 3.8) is 0 Å². The molecular formula is C10H19IS. The summed E-state index contributed by atoms with van der Waals surface area (Å²) in [6.45, 7) is 2.26. The Kier molecular flexibility index (Phi) is 10.6. The Morgan fingerprint density at radius 3 is 2.50 bits per heavy atom. The summed E-state index contributed by atoms with van der Waals surface area (Å²) in [6.07, 6.45) is 12.7. The van der Waals surface area contributed by atoms with Crippen LogP contribution in [0.25, 0.3) is 0 Å². The lowest BCUT2D eigenvalue weighted by molar-refractivity contribution is 0.637.